The first kappa shape index (κ1) is 25.5. The van der Waals surface area contributed by atoms with Crippen LogP contribution in [-0.2, 0) is 16.6 Å². The van der Waals surface area contributed by atoms with E-state index in [0.29, 0.717) is 36.0 Å². The summed E-state index contributed by atoms with van der Waals surface area (Å²) in [6.07, 6.45) is 4.61. The van der Waals surface area contributed by atoms with Crippen molar-refractivity contribution < 1.29 is 19.4 Å². The average Bonchev–Trinajstić information content (AvgIpc) is 3.67. The molecule has 1 amide bonds. The summed E-state index contributed by atoms with van der Waals surface area (Å²) in [5.41, 5.74) is 4.32. The molecule has 0 radical (unpaired) electrons. The lowest BCUT2D eigenvalue weighted by Crippen LogP contribution is -2.29. The van der Waals surface area contributed by atoms with Gasteiger partial charge in [0.05, 0.1) is 17.1 Å². The van der Waals surface area contributed by atoms with Gasteiger partial charge in [-0.05, 0) is 122 Å². The molecule has 0 bridgehead atoms. The number of aromatic nitrogens is 3. The second-order valence-corrected chi connectivity index (χ2v) is 11.0. The molecule has 2 aromatic heterocycles. The van der Waals surface area contributed by atoms with Crippen LogP contribution in [-0.4, -0.2) is 37.9 Å². The van der Waals surface area contributed by atoms with E-state index in [9.17, 15) is 14.7 Å². The quantitative estimate of drug-likeness (QED) is 0.293. The highest BCUT2D eigenvalue weighted by Crippen LogP contribution is 2.47. The van der Waals surface area contributed by atoms with E-state index in [1.54, 1.807) is 16.5 Å². The van der Waals surface area contributed by atoms with Crippen molar-refractivity contribution in [2.45, 2.75) is 64.4 Å². The molecule has 0 spiro atoms. The number of fused-ring (bicyclic) bond motifs is 1. The normalized spacial score (nSPS) is 19.2. The van der Waals surface area contributed by atoms with Gasteiger partial charge in [-0.25, -0.2) is 4.98 Å². The van der Waals surface area contributed by atoms with Crippen LogP contribution in [0.2, 0.25) is 0 Å². The number of carbonyl (C=O) groups is 2. The first-order chi connectivity index (χ1) is 17.8. The summed E-state index contributed by atoms with van der Waals surface area (Å²) >= 11 is 2.34. The molecule has 5 rings (SSSR count). The van der Waals surface area contributed by atoms with Crippen LogP contribution in [0, 0.1) is 28.3 Å². The van der Waals surface area contributed by atoms with Gasteiger partial charge in [-0.15, -0.1) is 5.10 Å². The summed E-state index contributed by atoms with van der Waals surface area (Å²) in [6, 6.07) is 7.91. The number of ether oxygens (including phenoxy) is 1. The number of carbonyl (C=O) groups excluding carboxylic acids is 1. The number of hydrogen-bond donors (Lipinski definition) is 1. The minimum atomic E-state index is -0.787. The molecule has 37 heavy (non-hydrogen) atoms. The molecule has 1 aromatic carbocycles. The largest absolute Gasteiger partial charge is 0.481 e. The van der Waals surface area contributed by atoms with Gasteiger partial charge in [0.1, 0.15) is 11.9 Å². The average molecular weight is 612 g/mol. The number of anilines is 2. The topological polar surface area (TPSA) is 97.6 Å². The predicted octanol–water partition coefficient (Wildman–Crippen LogP) is 5.47. The number of benzene rings is 1. The third kappa shape index (κ3) is 5.17. The highest BCUT2D eigenvalue weighted by molar-refractivity contribution is 14.1. The van der Waals surface area contributed by atoms with E-state index >= 15 is 0 Å². The van der Waals surface area contributed by atoms with Crippen molar-refractivity contribution in [3.63, 3.8) is 0 Å². The van der Waals surface area contributed by atoms with Crippen LogP contribution in [0.25, 0.3) is 11.0 Å². The zero-order valence-corrected chi connectivity index (χ0v) is 23.3. The summed E-state index contributed by atoms with van der Waals surface area (Å²) in [6.45, 7) is 3.68. The Balaban J connectivity index is 1.58. The molecule has 2 fully saturated rings. The maximum Gasteiger partial charge on any atom is 0.308 e. The summed E-state index contributed by atoms with van der Waals surface area (Å²) in [7, 11) is 1.82. The number of carboxylic acid groups (broad SMARTS) is 1. The zero-order chi connectivity index (χ0) is 26.3. The molecule has 2 heterocycles. The van der Waals surface area contributed by atoms with Gasteiger partial charge < -0.3 is 9.84 Å². The molecule has 9 heteroatoms. The molecular weight excluding hydrogens is 583 g/mol. The van der Waals surface area contributed by atoms with Crippen LogP contribution in [0.15, 0.2) is 24.3 Å². The third-order valence-electron chi connectivity index (χ3n) is 7.14. The van der Waals surface area contributed by atoms with Crippen molar-refractivity contribution in [1.82, 2.24) is 14.8 Å². The lowest BCUT2D eigenvalue weighted by Gasteiger charge is -2.26. The number of halogens is 1. The molecule has 3 aromatic rings. The molecule has 1 unspecified atom stereocenters. The van der Waals surface area contributed by atoms with E-state index in [0.717, 1.165) is 51.6 Å². The molecule has 192 valence electrons. The molecule has 2 atom stereocenters. The van der Waals surface area contributed by atoms with E-state index in [-0.39, 0.29) is 12.0 Å². The minimum absolute atomic E-state index is 0.248. The summed E-state index contributed by atoms with van der Waals surface area (Å²) in [4.78, 5) is 31.4. The number of pyridine rings is 1. The van der Waals surface area contributed by atoms with Gasteiger partial charge in [-0.2, -0.15) is 0 Å². The number of carboxylic acids is 1. The molecule has 2 aliphatic rings. The van der Waals surface area contributed by atoms with Gasteiger partial charge in [-0.1, -0.05) is 5.92 Å². The predicted molar refractivity (Wildman–Crippen MR) is 149 cm³/mol. The highest BCUT2D eigenvalue weighted by atomic mass is 127. The van der Waals surface area contributed by atoms with Gasteiger partial charge in [0.15, 0.2) is 5.52 Å². The van der Waals surface area contributed by atoms with Gasteiger partial charge in [0, 0.05) is 10.6 Å². The summed E-state index contributed by atoms with van der Waals surface area (Å²) < 4.78 is 9.09. The summed E-state index contributed by atoms with van der Waals surface area (Å²) in [5.74, 6) is 5.11. The van der Waals surface area contributed by atoms with Crippen molar-refractivity contribution in [2.75, 3.05) is 4.90 Å². The standard InChI is InChI=1S/C28H29IN4O4/c1-4-6-25(34)33(23-13-16(2)21(29)15-20(23)17-9-10-17)24-12-11-22-26(30-24)27(31-32(22)3)37-19-8-5-7-18(14-19)28(35)36/h11-13,15,17-19H,5,7-10,14H2,1-3H3,(H,35,36)/t18?,19-/m0/s1. The van der Waals surface area contributed by atoms with Crippen LogP contribution >= 0.6 is 22.6 Å². The Hall–Kier alpha value is -3.13. The Kier molecular flexibility index (Phi) is 7.12. The van der Waals surface area contributed by atoms with Crippen molar-refractivity contribution in [3.8, 4) is 17.7 Å². The third-order valence-corrected chi connectivity index (χ3v) is 8.30. The molecule has 1 N–H and O–H groups in total. The monoisotopic (exact) mass is 612 g/mol. The maximum absolute atomic E-state index is 13.4. The maximum atomic E-state index is 13.4. The Bertz CT molecular complexity index is 1450. The van der Waals surface area contributed by atoms with E-state index in [1.807, 2.05) is 32.2 Å². The first-order valence-electron chi connectivity index (χ1n) is 12.6. The number of amides is 1. The Morgan fingerprint density at radius 1 is 1.22 bits per heavy atom. The van der Waals surface area contributed by atoms with Gasteiger partial charge in [0.25, 0.3) is 5.88 Å². The number of aryl methyl sites for hydroxylation is 2. The molecule has 8 nitrogen and oxygen atoms in total. The van der Waals surface area contributed by atoms with Crippen LogP contribution < -0.4 is 9.64 Å². The fraction of sp³-hybridized carbons (Fsp3) is 0.429. The Labute approximate surface area is 229 Å². The van der Waals surface area contributed by atoms with Crippen molar-refractivity contribution in [2.24, 2.45) is 13.0 Å². The molecule has 0 saturated heterocycles. The second kappa shape index (κ2) is 10.3. The Morgan fingerprint density at radius 2 is 2.00 bits per heavy atom. The first-order valence-corrected chi connectivity index (χ1v) is 13.6. The van der Waals surface area contributed by atoms with Crippen LogP contribution in [0.4, 0.5) is 11.5 Å². The highest BCUT2D eigenvalue weighted by Gasteiger charge is 2.32. The van der Waals surface area contributed by atoms with E-state index in [4.69, 9.17) is 9.72 Å². The summed E-state index contributed by atoms with van der Waals surface area (Å²) in [5, 5.41) is 14.0. The lowest BCUT2D eigenvalue weighted by molar-refractivity contribution is -0.143. The lowest BCUT2D eigenvalue weighted by atomic mass is 9.87. The van der Waals surface area contributed by atoms with Gasteiger partial charge >= 0.3 is 11.9 Å². The van der Waals surface area contributed by atoms with E-state index in [1.165, 1.54) is 0 Å². The SMILES string of the molecule is CC#CC(=O)N(c1ccc2c(n1)c(O[C@H]1CCCC(C(=O)O)C1)nn2C)c1cc(C)c(I)cc1C1CC1. The van der Waals surface area contributed by atoms with E-state index < -0.39 is 11.9 Å². The molecule has 2 aliphatic carbocycles. The number of rotatable bonds is 6. The molecule has 2 saturated carbocycles. The number of hydrogen-bond acceptors (Lipinski definition) is 5. The molecule has 0 aliphatic heterocycles. The van der Waals surface area contributed by atoms with Crippen LogP contribution in [0.1, 0.15) is 62.5 Å². The zero-order valence-electron chi connectivity index (χ0n) is 21.1. The molecular formula is C28H29IN4O4. The van der Waals surface area contributed by atoms with Gasteiger partial charge in [-0.3, -0.25) is 19.2 Å². The van der Waals surface area contributed by atoms with Crippen LogP contribution in [0.5, 0.6) is 5.88 Å². The second-order valence-electron chi connectivity index (χ2n) is 9.86. The van der Waals surface area contributed by atoms with Crippen molar-refractivity contribution >= 4 is 57.0 Å². The smallest absolute Gasteiger partial charge is 0.308 e. The van der Waals surface area contributed by atoms with Crippen molar-refractivity contribution in [1.29, 1.82) is 0 Å². The van der Waals surface area contributed by atoms with Crippen molar-refractivity contribution in [3.05, 3.63) is 39.0 Å². The fourth-order valence-corrected chi connectivity index (χ4v) is 5.52. The fourth-order valence-electron chi connectivity index (χ4n) is 5.03. The number of aliphatic carboxylic acids is 1. The van der Waals surface area contributed by atoms with Gasteiger partial charge in [0.2, 0.25) is 0 Å². The number of nitrogens with zero attached hydrogens (tertiary/aromatic N) is 4. The van der Waals surface area contributed by atoms with Crippen LogP contribution in [0.3, 0.4) is 0 Å². The minimum Gasteiger partial charge on any atom is -0.481 e. The van der Waals surface area contributed by atoms with E-state index in [2.05, 4.69) is 45.6 Å². The Morgan fingerprint density at radius 3 is 2.70 bits per heavy atom.